The second kappa shape index (κ2) is 7.51. The molecule has 0 saturated heterocycles. The van der Waals surface area contributed by atoms with Gasteiger partial charge < -0.3 is 10.2 Å². The second-order valence-electron chi connectivity index (χ2n) is 5.37. The van der Waals surface area contributed by atoms with Gasteiger partial charge in [0.05, 0.1) is 7.05 Å². The molecule has 0 fully saturated rings. The summed E-state index contributed by atoms with van der Waals surface area (Å²) in [6.45, 7) is 2.45. The molecule has 2 atom stereocenters. The maximum atomic E-state index is 13.2. The number of nitrogens with one attached hydrogen (secondary N) is 2. The fourth-order valence-electron chi connectivity index (χ4n) is 2.13. The van der Waals surface area contributed by atoms with E-state index in [4.69, 9.17) is 0 Å². The number of halogens is 2. The van der Waals surface area contributed by atoms with Crippen LogP contribution in [0, 0.1) is 5.82 Å². The average Bonchev–Trinajstić information content (AvgIpc) is 2.48. The van der Waals surface area contributed by atoms with Crippen molar-refractivity contribution < 1.29 is 14.1 Å². The van der Waals surface area contributed by atoms with Crippen LogP contribution >= 0.6 is 15.9 Å². The van der Waals surface area contributed by atoms with Crippen molar-refractivity contribution in [2.75, 3.05) is 12.4 Å². The van der Waals surface area contributed by atoms with Crippen LogP contribution in [0.25, 0.3) is 0 Å². The number of rotatable bonds is 5. The fraction of sp³-hybridized carbons (Fsp3) is 0.235. The Hall–Kier alpha value is -1.72. The van der Waals surface area contributed by atoms with E-state index in [1.54, 1.807) is 6.07 Å². The summed E-state index contributed by atoms with van der Waals surface area (Å²) in [4.78, 5) is 13.3. The SMILES string of the molecule is C[C@H](C(=O)Nc1ccc(Br)cc1)[NH+](C)Cc1cccc(F)c1. The van der Waals surface area contributed by atoms with Crippen molar-refractivity contribution in [1.29, 1.82) is 0 Å². The summed E-state index contributed by atoms with van der Waals surface area (Å²) >= 11 is 3.36. The van der Waals surface area contributed by atoms with Crippen molar-refractivity contribution in [2.45, 2.75) is 19.5 Å². The van der Waals surface area contributed by atoms with Crippen molar-refractivity contribution >= 4 is 27.5 Å². The van der Waals surface area contributed by atoms with E-state index in [-0.39, 0.29) is 17.8 Å². The van der Waals surface area contributed by atoms with E-state index in [0.29, 0.717) is 6.54 Å². The van der Waals surface area contributed by atoms with Gasteiger partial charge in [0.25, 0.3) is 5.91 Å². The lowest BCUT2D eigenvalue weighted by Gasteiger charge is -2.21. The van der Waals surface area contributed by atoms with Crippen LogP contribution in [0.15, 0.2) is 53.0 Å². The summed E-state index contributed by atoms with van der Waals surface area (Å²) in [5.41, 5.74) is 1.64. The Kier molecular flexibility index (Phi) is 5.69. The molecule has 0 aromatic heterocycles. The lowest BCUT2D eigenvalue weighted by atomic mass is 10.2. The zero-order chi connectivity index (χ0) is 16.1. The first kappa shape index (κ1) is 16.6. The third-order valence-electron chi connectivity index (χ3n) is 3.62. The number of amides is 1. The van der Waals surface area contributed by atoms with E-state index >= 15 is 0 Å². The molecule has 0 saturated carbocycles. The number of benzene rings is 2. The Labute approximate surface area is 138 Å². The van der Waals surface area contributed by atoms with Crippen LogP contribution in [0.1, 0.15) is 12.5 Å². The van der Waals surface area contributed by atoms with Gasteiger partial charge in [0.15, 0.2) is 6.04 Å². The van der Waals surface area contributed by atoms with Gasteiger partial charge in [-0.3, -0.25) is 4.79 Å². The number of hydrogen-bond donors (Lipinski definition) is 2. The molecule has 1 amide bonds. The van der Waals surface area contributed by atoms with Crippen molar-refractivity contribution in [3.63, 3.8) is 0 Å². The maximum absolute atomic E-state index is 13.2. The number of quaternary nitrogens is 1. The monoisotopic (exact) mass is 365 g/mol. The van der Waals surface area contributed by atoms with Crippen LogP contribution < -0.4 is 10.2 Å². The lowest BCUT2D eigenvalue weighted by Crippen LogP contribution is -3.12. The number of carbonyl (C=O) groups excluding carboxylic acids is 1. The van der Waals surface area contributed by atoms with Gasteiger partial charge in [-0.25, -0.2) is 4.39 Å². The minimum Gasteiger partial charge on any atom is -0.324 e. The zero-order valence-electron chi connectivity index (χ0n) is 12.6. The fourth-order valence-corrected chi connectivity index (χ4v) is 2.39. The van der Waals surface area contributed by atoms with Crippen molar-refractivity contribution in [1.82, 2.24) is 0 Å². The van der Waals surface area contributed by atoms with Crippen molar-refractivity contribution in [2.24, 2.45) is 0 Å². The van der Waals surface area contributed by atoms with Crippen LogP contribution in [0.3, 0.4) is 0 Å². The molecule has 0 bridgehead atoms. The Morgan fingerprint density at radius 3 is 2.59 bits per heavy atom. The molecule has 2 N–H and O–H groups in total. The number of carbonyl (C=O) groups is 1. The van der Waals surface area contributed by atoms with E-state index in [9.17, 15) is 9.18 Å². The van der Waals surface area contributed by atoms with Crippen LogP contribution in [-0.2, 0) is 11.3 Å². The van der Waals surface area contributed by atoms with E-state index in [1.807, 2.05) is 44.3 Å². The van der Waals surface area contributed by atoms with Crippen LogP contribution in [-0.4, -0.2) is 19.0 Å². The van der Waals surface area contributed by atoms with E-state index in [2.05, 4.69) is 21.2 Å². The highest BCUT2D eigenvalue weighted by molar-refractivity contribution is 9.10. The van der Waals surface area contributed by atoms with E-state index in [1.165, 1.54) is 12.1 Å². The summed E-state index contributed by atoms with van der Waals surface area (Å²) in [5.74, 6) is -0.312. The first-order valence-corrected chi connectivity index (χ1v) is 7.88. The molecule has 116 valence electrons. The second-order valence-corrected chi connectivity index (χ2v) is 6.29. The molecule has 0 aliphatic carbocycles. The Morgan fingerprint density at radius 1 is 1.27 bits per heavy atom. The summed E-state index contributed by atoms with van der Waals surface area (Å²) < 4.78 is 14.2. The van der Waals surface area contributed by atoms with E-state index < -0.39 is 0 Å². The summed E-state index contributed by atoms with van der Waals surface area (Å²) in [6, 6.07) is 13.7. The standard InChI is InChI=1S/C17H18BrFN2O/c1-12(17(22)20-16-8-6-14(18)7-9-16)21(2)11-13-4-3-5-15(19)10-13/h3-10,12H,11H2,1-2H3,(H,20,22)/p+1/t12-/m1/s1. The Morgan fingerprint density at radius 2 is 1.95 bits per heavy atom. The van der Waals surface area contributed by atoms with Gasteiger partial charge in [0, 0.05) is 15.7 Å². The van der Waals surface area contributed by atoms with E-state index in [0.717, 1.165) is 20.6 Å². The Balaban J connectivity index is 1.95. The first-order valence-electron chi connectivity index (χ1n) is 7.09. The summed E-state index contributed by atoms with van der Waals surface area (Å²) in [7, 11) is 1.93. The molecule has 0 heterocycles. The molecule has 1 unspecified atom stereocenters. The van der Waals surface area contributed by atoms with Gasteiger partial charge in [-0.15, -0.1) is 0 Å². The molecular formula is C17H19BrFN2O+. The number of likely N-dealkylation sites (N-methyl/N-ethyl adjacent to an activating group) is 1. The third-order valence-corrected chi connectivity index (χ3v) is 4.14. The highest BCUT2D eigenvalue weighted by Gasteiger charge is 2.22. The van der Waals surface area contributed by atoms with Gasteiger partial charge in [0.2, 0.25) is 0 Å². The molecule has 0 radical (unpaired) electrons. The average molecular weight is 366 g/mol. The largest absolute Gasteiger partial charge is 0.324 e. The van der Waals surface area contributed by atoms with Crippen LogP contribution in [0.2, 0.25) is 0 Å². The van der Waals surface area contributed by atoms with Crippen molar-refractivity contribution in [3.8, 4) is 0 Å². The first-order chi connectivity index (χ1) is 10.5. The molecule has 0 spiro atoms. The third kappa shape index (κ3) is 4.64. The molecule has 5 heteroatoms. The molecule has 2 aromatic carbocycles. The molecule has 22 heavy (non-hydrogen) atoms. The predicted molar refractivity (Wildman–Crippen MR) is 89.2 cm³/mol. The van der Waals surface area contributed by atoms with Crippen LogP contribution in [0.4, 0.5) is 10.1 Å². The summed E-state index contributed by atoms with van der Waals surface area (Å²) in [5, 5.41) is 2.89. The molecule has 2 aromatic rings. The number of anilines is 1. The predicted octanol–water partition coefficient (Wildman–Crippen LogP) is 2.63. The maximum Gasteiger partial charge on any atom is 0.282 e. The quantitative estimate of drug-likeness (QED) is 0.838. The topological polar surface area (TPSA) is 33.5 Å². The minimum atomic E-state index is -0.253. The molecule has 2 rings (SSSR count). The van der Waals surface area contributed by atoms with Gasteiger partial charge >= 0.3 is 0 Å². The lowest BCUT2D eigenvalue weighted by molar-refractivity contribution is -0.907. The summed E-state index contributed by atoms with van der Waals surface area (Å²) in [6.07, 6.45) is 0. The molecule has 0 aliphatic heterocycles. The molecule has 0 aliphatic rings. The molecular weight excluding hydrogens is 347 g/mol. The normalized spacial score (nSPS) is 13.5. The van der Waals surface area contributed by atoms with Gasteiger partial charge in [-0.2, -0.15) is 0 Å². The number of hydrogen-bond acceptors (Lipinski definition) is 1. The highest BCUT2D eigenvalue weighted by atomic mass is 79.9. The highest BCUT2D eigenvalue weighted by Crippen LogP contribution is 2.14. The Bertz CT molecular complexity index is 645. The molecule has 3 nitrogen and oxygen atoms in total. The van der Waals surface area contributed by atoms with Gasteiger partial charge in [-0.05, 0) is 43.3 Å². The smallest absolute Gasteiger partial charge is 0.282 e. The van der Waals surface area contributed by atoms with Gasteiger partial charge in [0.1, 0.15) is 12.4 Å². The van der Waals surface area contributed by atoms with Crippen LogP contribution in [0.5, 0.6) is 0 Å². The van der Waals surface area contributed by atoms with Gasteiger partial charge in [-0.1, -0.05) is 28.1 Å². The van der Waals surface area contributed by atoms with Crippen molar-refractivity contribution in [3.05, 3.63) is 64.4 Å². The minimum absolute atomic E-state index is 0.0591. The zero-order valence-corrected chi connectivity index (χ0v) is 14.2.